The average molecular weight is 351 g/mol. The summed E-state index contributed by atoms with van der Waals surface area (Å²) >= 11 is 24.2. The zero-order valence-corrected chi connectivity index (χ0v) is 15.0. The van der Waals surface area contributed by atoms with Gasteiger partial charge in [-0.15, -0.1) is 0 Å². The van der Waals surface area contributed by atoms with Gasteiger partial charge in [-0.2, -0.15) is 0 Å². The molecular formula is C12H22Cl3NS2. The van der Waals surface area contributed by atoms with Gasteiger partial charge in [-0.1, -0.05) is 71.6 Å². The normalized spacial score (nSPS) is 11.6. The van der Waals surface area contributed by atoms with Crippen LogP contribution >= 0.6 is 58.8 Å². The molecule has 0 spiro atoms. The van der Waals surface area contributed by atoms with Crippen LogP contribution < -0.4 is 0 Å². The standard InChI is InChI=1S/C12H22Cl3NS2/c1-3-16(4-2)11(17)18-10-8-6-5-7-9-12(13,14)15/h3-10H2,1-2H3. The van der Waals surface area contributed by atoms with Gasteiger partial charge in [0, 0.05) is 18.8 Å². The summed E-state index contributed by atoms with van der Waals surface area (Å²) in [5, 5.41) is 0. The third kappa shape index (κ3) is 11.0. The van der Waals surface area contributed by atoms with Crippen molar-refractivity contribution in [2.24, 2.45) is 0 Å². The minimum atomic E-state index is -1.08. The van der Waals surface area contributed by atoms with Crippen LogP contribution in [0.2, 0.25) is 0 Å². The Morgan fingerprint density at radius 2 is 1.61 bits per heavy atom. The van der Waals surface area contributed by atoms with Crippen molar-refractivity contribution in [2.75, 3.05) is 18.8 Å². The molecule has 0 aliphatic rings. The number of thiocarbonyl (C=S) groups is 1. The molecule has 0 atom stereocenters. The first-order chi connectivity index (χ1) is 8.40. The van der Waals surface area contributed by atoms with Gasteiger partial charge < -0.3 is 4.90 Å². The lowest BCUT2D eigenvalue weighted by Gasteiger charge is -2.20. The van der Waals surface area contributed by atoms with Crippen LogP contribution in [-0.4, -0.2) is 31.9 Å². The van der Waals surface area contributed by atoms with Gasteiger partial charge in [0.2, 0.25) is 0 Å². The highest BCUT2D eigenvalue weighted by molar-refractivity contribution is 8.22. The van der Waals surface area contributed by atoms with Crippen molar-refractivity contribution in [1.29, 1.82) is 0 Å². The second-order valence-corrected chi connectivity index (χ2v) is 8.31. The van der Waals surface area contributed by atoms with Crippen molar-refractivity contribution in [2.45, 2.75) is 49.7 Å². The van der Waals surface area contributed by atoms with E-state index in [1.807, 2.05) is 0 Å². The Hall–Kier alpha value is 1.11. The van der Waals surface area contributed by atoms with Crippen LogP contribution in [0.25, 0.3) is 0 Å². The molecule has 0 amide bonds. The lowest BCUT2D eigenvalue weighted by molar-refractivity contribution is 0.482. The molecule has 0 aromatic carbocycles. The minimum absolute atomic E-state index is 0.642. The van der Waals surface area contributed by atoms with Gasteiger partial charge in [0.25, 0.3) is 0 Å². The molecule has 18 heavy (non-hydrogen) atoms. The lowest BCUT2D eigenvalue weighted by atomic mass is 10.2. The predicted octanol–water partition coefficient (Wildman–Crippen LogP) is 5.67. The SMILES string of the molecule is CCN(CC)C(=S)SCCCCCCC(Cl)(Cl)Cl. The van der Waals surface area contributed by atoms with Crippen LogP contribution in [0, 0.1) is 0 Å². The first-order valence-corrected chi connectivity index (χ1v) is 8.92. The highest BCUT2D eigenvalue weighted by Gasteiger charge is 2.17. The van der Waals surface area contributed by atoms with Crippen LogP contribution in [-0.2, 0) is 0 Å². The first-order valence-electron chi connectivity index (χ1n) is 6.39. The van der Waals surface area contributed by atoms with Gasteiger partial charge in [0.05, 0.1) is 0 Å². The van der Waals surface area contributed by atoms with E-state index in [0.29, 0.717) is 6.42 Å². The zero-order chi connectivity index (χ0) is 14.0. The van der Waals surface area contributed by atoms with Crippen molar-refractivity contribution in [1.82, 2.24) is 4.90 Å². The minimum Gasteiger partial charge on any atom is -0.358 e. The van der Waals surface area contributed by atoms with Crippen LogP contribution in [0.4, 0.5) is 0 Å². The number of thioether (sulfide) groups is 1. The molecule has 0 bridgehead atoms. The predicted molar refractivity (Wildman–Crippen MR) is 91.4 cm³/mol. The Labute approximate surface area is 136 Å². The summed E-state index contributed by atoms with van der Waals surface area (Å²) in [4.78, 5) is 2.21. The maximum atomic E-state index is 5.69. The van der Waals surface area contributed by atoms with Crippen molar-refractivity contribution in [3.63, 3.8) is 0 Å². The van der Waals surface area contributed by atoms with E-state index in [-0.39, 0.29) is 0 Å². The van der Waals surface area contributed by atoms with E-state index in [0.717, 1.165) is 36.0 Å². The summed E-state index contributed by atoms with van der Waals surface area (Å²) in [5.74, 6) is 1.09. The average Bonchev–Trinajstić information content (AvgIpc) is 2.28. The van der Waals surface area contributed by atoms with Crippen molar-refractivity contribution in [3.8, 4) is 0 Å². The van der Waals surface area contributed by atoms with E-state index in [4.69, 9.17) is 47.0 Å². The molecule has 0 fully saturated rings. The van der Waals surface area contributed by atoms with Crippen LogP contribution in [0.5, 0.6) is 0 Å². The molecule has 0 aromatic heterocycles. The number of hydrogen-bond donors (Lipinski definition) is 0. The number of halogens is 3. The molecule has 0 saturated heterocycles. The molecule has 0 aromatic rings. The number of alkyl halides is 3. The third-order valence-corrected chi connectivity index (χ3v) is 4.78. The van der Waals surface area contributed by atoms with Crippen LogP contribution in [0.1, 0.15) is 46.0 Å². The molecule has 0 radical (unpaired) electrons. The monoisotopic (exact) mass is 349 g/mol. The van der Waals surface area contributed by atoms with E-state index < -0.39 is 3.79 Å². The molecule has 6 heteroatoms. The molecule has 0 aliphatic carbocycles. The molecule has 0 heterocycles. The highest BCUT2D eigenvalue weighted by atomic mass is 35.6. The summed E-state index contributed by atoms with van der Waals surface area (Å²) in [6, 6.07) is 0. The quantitative estimate of drug-likeness (QED) is 0.315. The molecule has 0 aliphatic heterocycles. The Morgan fingerprint density at radius 3 is 2.11 bits per heavy atom. The fourth-order valence-corrected chi connectivity index (χ4v) is 3.39. The van der Waals surface area contributed by atoms with Gasteiger partial charge in [0.1, 0.15) is 4.32 Å². The highest BCUT2D eigenvalue weighted by Crippen LogP contribution is 2.32. The van der Waals surface area contributed by atoms with Crippen molar-refractivity contribution in [3.05, 3.63) is 0 Å². The second kappa shape index (κ2) is 10.8. The molecule has 0 unspecified atom stereocenters. The molecular weight excluding hydrogens is 329 g/mol. The Bertz CT molecular complexity index is 228. The molecule has 0 rings (SSSR count). The summed E-state index contributed by atoms with van der Waals surface area (Å²) in [6.45, 7) is 6.25. The second-order valence-electron chi connectivity index (χ2n) is 4.07. The Morgan fingerprint density at radius 1 is 1.06 bits per heavy atom. The van der Waals surface area contributed by atoms with Crippen molar-refractivity contribution >= 4 is 63.1 Å². The summed E-state index contributed by atoms with van der Waals surface area (Å²) in [5.41, 5.74) is 0. The molecule has 0 N–H and O–H groups in total. The number of rotatable bonds is 8. The zero-order valence-electron chi connectivity index (χ0n) is 11.1. The van der Waals surface area contributed by atoms with Crippen molar-refractivity contribution < 1.29 is 0 Å². The number of unbranched alkanes of at least 4 members (excludes halogenated alkanes) is 3. The molecule has 108 valence electrons. The summed E-state index contributed by atoms with van der Waals surface area (Å²) in [6.07, 6.45) is 5.08. The van der Waals surface area contributed by atoms with E-state index in [1.54, 1.807) is 11.8 Å². The third-order valence-electron chi connectivity index (χ3n) is 2.60. The largest absolute Gasteiger partial charge is 0.358 e. The smallest absolute Gasteiger partial charge is 0.190 e. The maximum Gasteiger partial charge on any atom is 0.190 e. The summed E-state index contributed by atoms with van der Waals surface area (Å²) < 4.78 is -0.0692. The van der Waals surface area contributed by atoms with E-state index >= 15 is 0 Å². The lowest BCUT2D eigenvalue weighted by Crippen LogP contribution is -2.26. The Balaban J connectivity index is 3.43. The van der Waals surface area contributed by atoms with Crippen LogP contribution in [0.15, 0.2) is 0 Å². The van der Waals surface area contributed by atoms with E-state index in [2.05, 4.69) is 18.7 Å². The number of nitrogens with zero attached hydrogens (tertiary/aromatic N) is 1. The van der Waals surface area contributed by atoms with E-state index in [1.165, 1.54) is 12.8 Å². The number of hydrogen-bond acceptors (Lipinski definition) is 2. The topological polar surface area (TPSA) is 3.24 Å². The van der Waals surface area contributed by atoms with Crippen LogP contribution in [0.3, 0.4) is 0 Å². The van der Waals surface area contributed by atoms with E-state index in [9.17, 15) is 0 Å². The van der Waals surface area contributed by atoms with Gasteiger partial charge in [-0.05, 0) is 33.1 Å². The van der Waals surface area contributed by atoms with Gasteiger partial charge in [0.15, 0.2) is 3.79 Å². The fraction of sp³-hybridized carbons (Fsp3) is 0.917. The molecule has 0 saturated carbocycles. The fourth-order valence-electron chi connectivity index (χ4n) is 1.51. The van der Waals surface area contributed by atoms with Gasteiger partial charge in [-0.25, -0.2) is 0 Å². The van der Waals surface area contributed by atoms with Gasteiger partial charge >= 0.3 is 0 Å². The Kier molecular flexibility index (Phi) is 11.5. The first kappa shape index (κ1) is 19.1. The molecule has 1 nitrogen and oxygen atoms in total. The maximum absolute atomic E-state index is 5.69. The summed E-state index contributed by atoms with van der Waals surface area (Å²) in [7, 11) is 0. The van der Waals surface area contributed by atoms with Gasteiger partial charge in [-0.3, -0.25) is 0 Å².